The summed E-state index contributed by atoms with van der Waals surface area (Å²) in [6.07, 6.45) is 0.897. The number of anilines is 2. The van der Waals surface area contributed by atoms with Gasteiger partial charge in [0.15, 0.2) is 0 Å². The Morgan fingerprint density at radius 2 is 2.04 bits per heavy atom. The molecule has 1 aromatic carbocycles. The molecule has 6 heteroatoms. The average molecular weight is 340 g/mol. The summed E-state index contributed by atoms with van der Waals surface area (Å²) in [5.41, 5.74) is 3.78. The molecule has 25 heavy (non-hydrogen) atoms. The second-order valence-electron chi connectivity index (χ2n) is 6.61. The van der Waals surface area contributed by atoms with E-state index in [0.717, 1.165) is 22.5 Å². The number of aryl methyl sites for hydroxylation is 4. The zero-order chi connectivity index (χ0) is 18.1. The van der Waals surface area contributed by atoms with Gasteiger partial charge in [0.25, 0.3) is 0 Å². The molecule has 3 rings (SSSR count). The highest BCUT2D eigenvalue weighted by Gasteiger charge is 2.34. The van der Waals surface area contributed by atoms with Crippen LogP contribution in [-0.2, 0) is 16.1 Å². The normalized spacial score (nSPS) is 15.0. The maximum Gasteiger partial charge on any atom is 0.247 e. The summed E-state index contributed by atoms with van der Waals surface area (Å²) in [5, 5.41) is 7.39. The average Bonchev–Trinajstić information content (AvgIpc) is 2.93. The lowest BCUT2D eigenvalue weighted by Crippen LogP contribution is -2.50. The molecule has 0 bridgehead atoms. The Morgan fingerprint density at radius 3 is 2.72 bits per heavy atom. The number of rotatable bonds is 4. The fourth-order valence-corrected chi connectivity index (χ4v) is 3.33. The Balaban J connectivity index is 1.88. The first-order valence-electron chi connectivity index (χ1n) is 8.65. The highest BCUT2D eigenvalue weighted by atomic mass is 16.2. The van der Waals surface area contributed by atoms with Crippen LogP contribution in [0.2, 0.25) is 0 Å². The van der Waals surface area contributed by atoms with Crippen LogP contribution in [0.3, 0.4) is 0 Å². The van der Waals surface area contributed by atoms with Gasteiger partial charge in [-0.15, -0.1) is 0 Å². The standard InChI is InChI=1S/C19H24N4O2/c1-5-16(19(25)20-15-7-6-12(2)10-13(15)3)23-17-11-14(4)21-22(17)9-8-18(23)24/h6-7,10-11,16H,5,8-9H2,1-4H3,(H,20,25)/t16-/m0/s1. The van der Waals surface area contributed by atoms with Crippen molar-refractivity contribution in [2.45, 2.75) is 53.1 Å². The number of aromatic nitrogens is 2. The zero-order valence-electron chi connectivity index (χ0n) is 15.2. The van der Waals surface area contributed by atoms with Crippen molar-refractivity contribution < 1.29 is 9.59 Å². The molecule has 0 radical (unpaired) electrons. The Morgan fingerprint density at radius 1 is 1.28 bits per heavy atom. The topological polar surface area (TPSA) is 67.2 Å². The molecule has 2 aromatic rings. The summed E-state index contributed by atoms with van der Waals surface area (Å²) in [7, 11) is 0. The number of nitrogens with zero attached hydrogens (tertiary/aromatic N) is 3. The predicted molar refractivity (Wildman–Crippen MR) is 97.7 cm³/mol. The van der Waals surface area contributed by atoms with Crippen molar-refractivity contribution in [3.8, 4) is 0 Å². The Bertz CT molecular complexity index is 825. The van der Waals surface area contributed by atoms with Gasteiger partial charge in [0, 0.05) is 18.2 Å². The molecule has 0 aliphatic carbocycles. The molecule has 1 aromatic heterocycles. The van der Waals surface area contributed by atoms with Crippen LogP contribution in [-0.4, -0.2) is 27.6 Å². The van der Waals surface area contributed by atoms with E-state index in [-0.39, 0.29) is 11.8 Å². The molecule has 0 saturated heterocycles. The predicted octanol–water partition coefficient (Wildman–Crippen LogP) is 2.96. The van der Waals surface area contributed by atoms with Crippen LogP contribution in [0.5, 0.6) is 0 Å². The summed E-state index contributed by atoms with van der Waals surface area (Å²) >= 11 is 0. The second kappa shape index (κ2) is 6.70. The van der Waals surface area contributed by atoms with Crippen LogP contribution in [0.1, 0.15) is 36.6 Å². The van der Waals surface area contributed by atoms with E-state index in [1.807, 2.05) is 56.6 Å². The SMILES string of the molecule is CC[C@@H](C(=O)Nc1ccc(C)cc1C)N1C(=O)CCn2nc(C)cc21. The van der Waals surface area contributed by atoms with Gasteiger partial charge in [-0.05, 0) is 38.8 Å². The molecule has 1 N–H and O–H groups in total. The number of hydrogen-bond acceptors (Lipinski definition) is 3. The van der Waals surface area contributed by atoms with Gasteiger partial charge in [-0.25, -0.2) is 4.68 Å². The van der Waals surface area contributed by atoms with E-state index in [9.17, 15) is 9.59 Å². The van der Waals surface area contributed by atoms with E-state index in [1.54, 1.807) is 4.90 Å². The van der Waals surface area contributed by atoms with Crippen molar-refractivity contribution in [2.75, 3.05) is 10.2 Å². The number of fused-ring (bicyclic) bond motifs is 1. The third-order valence-corrected chi connectivity index (χ3v) is 4.57. The van der Waals surface area contributed by atoms with Gasteiger partial charge in [-0.2, -0.15) is 5.10 Å². The van der Waals surface area contributed by atoms with Gasteiger partial charge < -0.3 is 5.32 Å². The van der Waals surface area contributed by atoms with E-state index in [0.29, 0.717) is 25.2 Å². The largest absolute Gasteiger partial charge is 0.324 e. The number of hydrogen-bond donors (Lipinski definition) is 1. The molecule has 2 amide bonds. The Kier molecular flexibility index (Phi) is 4.61. The van der Waals surface area contributed by atoms with Gasteiger partial charge in [0.2, 0.25) is 11.8 Å². The molecule has 0 saturated carbocycles. The van der Waals surface area contributed by atoms with Gasteiger partial charge in [0.1, 0.15) is 11.9 Å². The van der Waals surface area contributed by atoms with Crippen LogP contribution in [0.25, 0.3) is 0 Å². The molecule has 0 unspecified atom stereocenters. The van der Waals surface area contributed by atoms with Gasteiger partial charge in [0.05, 0.1) is 12.2 Å². The van der Waals surface area contributed by atoms with Crippen LogP contribution in [0.4, 0.5) is 11.5 Å². The van der Waals surface area contributed by atoms with Gasteiger partial charge in [-0.3, -0.25) is 14.5 Å². The van der Waals surface area contributed by atoms with Crippen molar-refractivity contribution >= 4 is 23.3 Å². The molecule has 2 heterocycles. The monoisotopic (exact) mass is 340 g/mol. The second-order valence-corrected chi connectivity index (χ2v) is 6.61. The summed E-state index contributed by atoms with van der Waals surface area (Å²) in [6, 6.07) is 7.21. The molecular weight excluding hydrogens is 316 g/mol. The summed E-state index contributed by atoms with van der Waals surface area (Å²) in [5.74, 6) is 0.501. The third-order valence-electron chi connectivity index (χ3n) is 4.57. The van der Waals surface area contributed by atoms with Crippen molar-refractivity contribution in [1.29, 1.82) is 0 Å². The molecule has 0 spiro atoms. The Labute approximate surface area is 147 Å². The van der Waals surface area contributed by atoms with Crippen LogP contribution in [0, 0.1) is 20.8 Å². The quantitative estimate of drug-likeness (QED) is 0.930. The number of benzene rings is 1. The molecule has 132 valence electrons. The minimum absolute atomic E-state index is 0.0324. The molecule has 1 atom stereocenters. The minimum Gasteiger partial charge on any atom is -0.324 e. The summed E-state index contributed by atoms with van der Waals surface area (Å²) in [6.45, 7) is 8.36. The Hall–Kier alpha value is -2.63. The van der Waals surface area contributed by atoms with Crippen molar-refractivity contribution in [1.82, 2.24) is 9.78 Å². The molecule has 1 aliphatic rings. The fraction of sp³-hybridized carbons (Fsp3) is 0.421. The number of nitrogens with one attached hydrogen (secondary N) is 1. The minimum atomic E-state index is -0.552. The molecular formula is C19H24N4O2. The van der Waals surface area contributed by atoms with Crippen molar-refractivity contribution in [3.05, 3.63) is 41.1 Å². The van der Waals surface area contributed by atoms with Crippen LogP contribution < -0.4 is 10.2 Å². The maximum atomic E-state index is 12.9. The fourth-order valence-electron chi connectivity index (χ4n) is 3.33. The number of carbonyl (C=O) groups excluding carboxylic acids is 2. The van der Waals surface area contributed by atoms with E-state index in [4.69, 9.17) is 0 Å². The molecule has 1 aliphatic heterocycles. The third kappa shape index (κ3) is 3.29. The van der Waals surface area contributed by atoms with Crippen molar-refractivity contribution in [3.63, 3.8) is 0 Å². The first kappa shape index (κ1) is 17.2. The smallest absolute Gasteiger partial charge is 0.247 e. The van der Waals surface area contributed by atoms with E-state index in [1.165, 1.54) is 0 Å². The molecule has 0 fully saturated rings. The van der Waals surface area contributed by atoms with Crippen molar-refractivity contribution in [2.24, 2.45) is 0 Å². The molecule has 6 nitrogen and oxygen atoms in total. The number of carbonyl (C=O) groups is 2. The van der Waals surface area contributed by atoms with Gasteiger partial charge >= 0.3 is 0 Å². The lowest BCUT2D eigenvalue weighted by molar-refractivity contribution is -0.124. The first-order chi connectivity index (χ1) is 11.9. The lowest BCUT2D eigenvalue weighted by atomic mass is 10.1. The van der Waals surface area contributed by atoms with E-state index in [2.05, 4.69) is 10.4 Å². The number of amides is 2. The van der Waals surface area contributed by atoms with Crippen LogP contribution >= 0.6 is 0 Å². The van der Waals surface area contributed by atoms with Gasteiger partial charge in [-0.1, -0.05) is 24.6 Å². The van der Waals surface area contributed by atoms with E-state index < -0.39 is 6.04 Å². The highest BCUT2D eigenvalue weighted by molar-refractivity contribution is 6.05. The summed E-state index contributed by atoms with van der Waals surface area (Å²) in [4.78, 5) is 27.0. The lowest BCUT2D eigenvalue weighted by Gasteiger charge is -2.33. The maximum absolute atomic E-state index is 12.9. The summed E-state index contributed by atoms with van der Waals surface area (Å²) < 4.78 is 1.81. The zero-order valence-corrected chi connectivity index (χ0v) is 15.2. The van der Waals surface area contributed by atoms with Crippen LogP contribution in [0.15, 0.2) is 24.3 Å². The first-order valence-corrected chi connectivity index (χ1v) is 8.65. The van der Waals surface area contributed by atoms with E-state index >= 15 is 0 Å². The highest BCUT2D eigenvalue weighted by Crippen LogP contribution is 2.27.